The lowest BCUT2D eigenvalue weighted by Crippen LogP contribution is -2.51. The first kappa shape index (κ1) is 32.0. The van der Waals surface area contributed by atoms with Crippen LogP contribution in [0, 0.1) is 23.6 Å². The zero-order chi connectivity index (χ0) is 34.5. The molecule has 1 saturated carbocycles. The Morgan fingerprint density at radius 3 is 2.56 bits per heavy atom. The van der Waals surface area contributed by atoms with Crippen molar-refractivity contribution in [3.63, 3.8) is 0 Å². The average molecular weight is 708 g/mol. The maximum absolute atomic E-state index is 17.2. The Kier molecular flexibility index (Phi) is 7.41. The number of hydrogen-bond acceptors (Lipinski definition) is 8. The third-order valence-electron chi connectivity index (χ3n) is 11.2. The SMILES string of the molecule is C#Cc1c(Cl)ccc2cc(O)cc(-c3c(C(F)(F)F)cc4c(N5CC6CCC(C5)N6)nc(OCC5(CN6C[C@@H]7C[C@H]6CO7)CC5)nc4c3F)c12. The highest BCUT2D eigenvalue weighted by atomic mass is 35.5. The van der Waals surface area contributed by atoms with E-state index in [1.165, 1.54) is 18.2 Å². The molecular formula is C37H34ClF4N5O3. The fraction of sp³-hybridized carbons (Fsp3) is 0.459. The van der Waals surface area contributed by atoms with E-state index in [9.17, 15) is 5.11 Å². The molecule has 4 atom stereocenters. The summed E-state index contributed by atoms with van der Waals surface area (Å²) in [7, 11) is 0. The predicted octanol–water partition coefficient (Wildman–Crippen LogP) is 6.52. The fourth-order valence-corrected chi connectivity index (χ4v) is 8.77. The Bertz CT molecular complexity index is 2090. The van der Waals surface area contributed by atoms with E-state index in [1.54, 1.807) is 0 Å². The Morgan fingerprint density at radius 1 is 1.12 bits per heavy atom. The second-order valence-electron chi connectivity index (χ2n) is 14.6. The third-order valence-corrected chi connectivity index (χ3v) is 11.5. The van der Waals surface area contributed by atoms with Gasteiger partial charge in [0.05, 0.1) is 35.5 Å². The van der Waals surface area contributed by atoms with Crippen LogP contribution < -0.4 is 15.0 Å². The van der Waals surface area contributed by atoms with Crippen LogP contribution in [0.4, 0.5) is 23.4 Å². The van der Waals surface area contributed by atoms with Gasteiger partial charge in [-0.15, -0.1) is 6.42 Å². The minimum absolute atomic E-state index is 0.0684. The van der Waals surface area contributed by atoms with E-state index in [1.807, 2.05) is 4.90 Å². The van der Waals surface area contributed by atoms with Crippen LogP contribution in [-0.2, 0) is 10.9 Å². The fourth-order valence-electron chi connectivity index (χ4n) is 8.56. The number of nitrogens with zero attached hydrogens (tertiary/aromatic N) is 4. The number of phenolic OH excluding ortho intramolecular Hbond substituents is 1. The molecule has 4 saturated heterocycles. The highest BCUT2D eigenvalue weighted by Gasteiger charge is 2.49. The molecule has 4 aliphatic heterocycles. The molecule has 1 aliphatic carbocycles. The molecule has 1 aromatic heterocycles. The lowest BCUT2D eigenvalue weighted by Gasteiger charge is -2.34. The smallest absolute Gasteiger partial charge is 0.417 e. The molecular weight excluding hydrogens is 674 g/mol. The molecule has 8 nitrogen and oxygen atoms in total. The number of benzene rings is 3. The van der Waals surface area contributed by atoms with E-state index in [0.717, 1.165) is 63.9 Å². The van der Waals surface area contributed by atoms with Crippen LogP contribution in [0.2, 0.25) is 5.02 Å². The van der Waals surface area contributed by atoms with Crippen molar-refractivity contribution in [2.75, 3.05) is 44.3 Å². The molecule has 2 unspecified atom stereocenters. The van der Waals surface area contributed by atoms with Gasteiger partial charge in [-0.05, 0) is 67.3 Å². The molecule has 260 valence electrons. The molecule has 9 rings (SSSR count). The Hall–Kier alpha value is -3.89. The number of ether oxygens (including phenoxy) is 2. The number of hydrogen-bond donors (Lipinski definition) is 2. The van der Waals surface area contributed by atoms with Gasteiger partial charge in [0.1, 0.15) is 17.1 Å². The standard InChI is InChI=1S/C37H34ClF4N5O3/c1-2-25-29(38)6-3-19-9-23(48)11-26(30(19)25)31-28(37(40,41)42)12-27-33(32(31)39)44-35(45-34(27)46-13-20-4-5-21(14-46)43-20)50-18-36(7-8-36)17-47-15-24-10-22(47)16-49-24/h1,3,6,9,11-12,20-22,24,43,48H,4-5,7-8,10,13-18H2/t20?,21?,22-,24-/m0/s1. The van der Waals surface area contributed by atoms with E-state index in [0.29, 0.717) is 31.1 Å². The number of aromatic hydroxyl groups is 1. The molecule has 0 radical (unpaired) electrons. The molecule has 0 spiro atoms. The highest BCUT2D eigenvalue weighted by molar-refractivity contribution is 6.33. The Morgan fingerprint density at radius 2 is 1.90 bits per heavy atom. The average Bonchev–Trinajstić information content (AvgIpc) is 3.33. The van der Waals surface area contributed by atoms with Gasteiger partial charge in [-0.3, -0.25) is 4.90 Å². The maximum Gasteiger partial charge on any atom is 0.417 e. The van der Waals surface area contributed by atoms with Crippen LogP contribution >= 0.6 is 11.6 Å². The number of alkyl halides is 3. The number of rotatable bonds is 7. The zero-order valence-electron chi connectivity index (χ0n) is 27.0. The van der Waals surface area contributed by atoms with Gasteiger partial charge in [-0.25, -0.2) is 4.39 Å². The summed E-state index contributed by atoms with van der Waals surface area (Å²) in [5, 5.41) is 14.6. The summed E-state index contributed by atoms with van der Waals surface area (Å²) in [5.74, 6) is 1.07. The lowest BCUT2D eigenvalue weighted by atomic mass is 9.90. The first-order valence-corrected chi connectivity index (χ1v) is 17.4. The number of nitrogens with one attached hydrogen (secondary N) is 1. The summed E-state index contributed by atoms with van der Waals surface area (Å²) in [5.41, 5.74) is -2.60. The van der Waals surface area contributed by atoms with Crippen molar-refractivity contribution in [1.29, 1.82) is 0 Å². The van der Waals surface area contributed by atoms with E-state index in [4.69, 9.17) is 32.5 Å². The summed E-state index contributed by atoms with van der Waals surface area (Å²) in [6, 6.07) is 6.94. The first-order chi connectivity index (χ1) is 24.0. The van der Waals surface area contributed by atoms with Crippen molar-refractivity contribution in [3.8, 4) is 35.2 Å². The van der Waals surface area contributed by atoms with Crippen molar-refractivity contribution in [1.82, 2.24) is 20.2 Å². The number of terminal acetylenes is 1. The van der Waals surface area contributed by atoms with Crippen LogP contribution in [-0.4, -0.2) is 83.6 Å². The number of aromatic nitrogens is 2. The molecule has 50 heavy (non-hydrogen) atoms. The minimum atomic E-state index is -5.00. The molecule has 2 N–H and O–H groups in total. The molecule has 13 heteroatoms. The zero-order valence-corrected chi connectivity index (χ0v) is 27.7. The molecule has 5 fully saturated rings. The summed E-state index contributed by atoms with van der Waals surface area (Å²) < 4.78 is 74.5. The lowest BCUT2D eigenvalue weighted by molar-refractivity contribution is -0.137. The third kappa shape index (κ3) is 5.41. The summed E-state index contributed by atoms with van der Waals surface area (Å²) in [4.78, 5) is 13.6. The van der Waals surface area contributed by atoms with Crippen molar-refractivity contribution in [3.05, 3.63) is 52.3 Å². The largest absolute Gasteiger partial charge is 0.508 e. The molecule has 5 heterocycles. The van der Waals surface area contributed by atoms with Crippen molar-refractivity contribution in [2.45, 2.75) is 62.5 Å². The Labute approximate surface area is 290 Å². The van der Waals surface area contributed by atoms with Crippen molar-refractivity contribution >= 4 is 39.1 Å². The van der Waals surface area contributed by atoms with E-state index >= 15 is 17.6 Å². The quantitative estimate of drug-likeness (QED) is 0.166. The Balaban J connectivity index is 1.20. The number of likely N-dealkylation sites (tertiary alicyclic amines) is 1. The van der Waals surface area contributed by atoms with Crippen LogP contribution in [0.25, 0.3) is 32.8 Å². The van der Waals surface area contributed by atoms with Crippen molar-refractivity contribution < 1.29 is 32.1 Å². The summed E-state index contributed by atoms with van der Waals surface area (Å²) in [6.07, 6.45) is 5.86. The highest BCUT2D eigenvalue weighted by Crippen LogP contribution is 2.50. The van der Waals surface area contributed by atoms with Gasteiger partial charge in [-0.2, -0.15) is 23.1 Å². The van der Waals surface area contributed by atoms with Gasteiger partial charge in [-0.1, -0.05) is 23.6 Å². The van der Waals surface area contributed by atoms with Gasteiger partial charge in [0.2, 0.25) is 0 Å². The summed E-state index contributed by atoms with van der Waals surface area (Å²) in [6.45, 7) is 3.76. The molecule has 3 aromatic carbocycles. The van der Waals surface area contributed by atoms with Crippen LogP contribution in [0.1, 0.15) is 43.2 Å². The second kappa shape index (κ2) is 11.6. The first-order valence-electron chi connectivity index (χ1n) is 17.0. The van der Waals surface area contributed by atoms with Gasteiger partial charge >= 0.3 is 12.2 Å². The minimum Gasteiger partial charge on any atom is -0.508 e. The van der Waals surface area contributed by atoms with Crippen molar-refractivity contribution in [2.24, 2.45) is 5.41 Å². The normalized spacial score (nSPS) is 25.5. The molecule has 4 aromatic rings. The van der Waals surface area contributed by atoms with Crippen LogP contribution in [0.15, 0.2) is 30.3 Å². The maximum atomic E-state index is 17.2. The summed E-state index contributed by atoms with van der Waals surface area (Å²) >= 11 is 6.39. The second-order valence-corrected chi connectivity index (χ2v) is 15.0. The van der Waals surface area contributed by atoms with Gasteiger partial charge in [0.25, 0.3) is 0 Å². The van der Waals surface area contributed by atoms with E-state index < -0.39 is 23.1 Å². The number of anilines is 1. The molecule has 0 amide bonds. The number of halogens is 5. The number of fused-ring (bicyclic) bond motifs is 6. The van der Waals surface area contributed by atoms with E-state index in [2.05, 4.69) is 21.1 Å². The van der Waals surface area contributed by atoms with Gasteiger partial charge in [0.15, 0.2) is 5.82 Å². The number of phenols is 1. The number of piperazine rings is 1. The van der Waals surface area contributed by atoms with Gasteiger partial charge < -0.3 is 24.8 Å². The van der Waals surface area contributed by atoms with Crippen LogP contribution in [0.5, 0.6) is 11.8 Å². The monoisotopic (exact) mass is 707 g/mol. The molecule has 4 bridgehead atoms. The predicted molar refractivity (Wildman–Crippen MR) is 181 cm³/mol. The topological polar surface area (TPSA) is 83.0 Å². The molecule has 5 aliphatic rings. The number of morpholine rings is 1. The van der Waals surface area contributed by atoms with Gasteiger partial charge in [0, 0.05) is 66.1 Å². The van der Waals surface area contributed by atoms with E-state index in [-0.39, 0.29) is 73.6 Å². The van der Waals surface area contributed by atoms with Crippen LogP contribution in [0.3, 0.4) is 0 Å².